The molecule has 8 heteroatoms. The van der Waals surface area contributed by atoms with Crippen molar-refractivity contribution in [3.05, 3.63) is 11.6 Å². The molecule has 7 unspecified atom stereocenters. The number of carbonyl (C=O) groups is 1. The first-order chi connectivity index (χ1) is 22.1. The summed E-state index contributed by atoms with van der Waals surface area (Å²) in [4.78, 5) is 15.4. The van der Waals surface area contributed by atoms with Crippen molar-refractivity contribution < 1.29 is 18.3 Å². The van der Waals surface area contributed by atoms with Gasteiger partial charge in [-0.25, -0.2) is 13.6 Å². The van der Waals surface area contributed by atoms with Crippen molar-refractivity contribution in [1.82, 2.24) is 10.2 Å². The highest BCUT2D eigenvalue weighted by molar-refractivity contribution is 5.68. The van der Waals surface area contributed by atoms with Crippen LogP contribution in [-0.4, -0.2) is 62.3 Å². The van der Waals surface area contributed by atoms with E-state index >= 15 is 0 Å². The molecule has 5 N–H and O–H groups in total. The van der Waals surface area contributed by atoms with E-state index in [-0.39, 0.29) is 23.0 Å². The third-order valence-corrected chi connectivity index (χ3v) is 13.3. The zero-order valence-corrected chi connectivity index (χ0v) is 30.9. The van der Waals surface area contributed by atoms with Crippen LogP contribution in [0.5, 0.6) is 0 Å². The molecule has 1 amide bonds. The number of carbonyl (C=O) groups excluding carboxylic acids is 1. The summed E-state index contributed by atoms with van der Waals surface area (Å²) in [5, 5.41) is 2.79. The minimum atomic E-state index is -2.89. The minimum Gasteiger partial charge on any atom is -0.446 e. The predicted octanol–water partition coefficient (Wildman–Crippen LogP) is 8.54. The third kappa shape index (κ3) is 9.51. The Kier molecular flexibility index (Phi) is 13.3. The molecule has 4 rings (SSSR count). The van der Waals surface area contributed by atoms with Gasteiger partial charge in [0.1, 0.15) is 6.10 Å². The molecule has 0 heterocycles. The van der Waals surface area contributed by atoms with Crippen LogP contribution in [-0.2, 0) is 4.74 Å². The van der Waals surface area contributed by atoms with Gasteiger partial charge in [-0.3, -0.25) is 0 Å². The van der Waals surface area contributed by atoms with E-state index in [4.69, 9.17) is 16.2 Å². The molecule has 0 aromatic rings. The van der Waals surface area contributed by atoms with Crippen molar-refractivity contribution in [1.29, 1.82) is 0 Å². The second-order valence-electron chi connectivity index (χ2n) is 17.7. The van der Waals surface area contributed by atoms with Gasteiger partial charge in [0.15, 0.2) is 0 Å². The summed E-state index contributed by atoms with van der Waals surface area (Å²) in [6, 6.07) is 0. The van der Waals surface area contributed by atoms with Crippen LogP contribution in [0, 0.1) is 45.8 Å². The number of unbranched alkanes of at least 4 members (excludes halogenated alkanes) is 2. The van der Waals surface area contributed by atoms with E-state index in [2.05, 4.69) is 52.9 Å². The lowest BCUT2D eigenvalue weighted by atomic mass is 9.47. The fraction of sp³-hybridized carbons (Fsp3) is 0.923. The fourth-order valence-corrected chi connectivity index (χ4v) is 10.2. The monoisotopic (exact) mass is 665 g/mol. The van der Waals surface area contributed by atoms with Gasteiger partial charge >= 0.3 is 6.09 Å². The highest BCUT2D eigenvalue weighted by Gasteiger charge is 2.58. The summed E-state index contributed by atoms with van der Waals surface area (Å²) in [6.45, 7) is 14.9. The maximum absolute atomic E-state index is 13.6. The number of amides is 1. The zero-order chi connectivity index (χ0) is 34.5. The van der Waals surface area contributed by atoms with E-state index in [1.807, 2.05) is 0 Å². The van der Waals surface area contributed by atoms with E-state index in [0.29, 0.717) is 44.4 Å². The molecule has 3 fully saturated rings. The van der Waals surface area contributed by atoms with Crippen molar-refractivity contribution in [2.24, 2.45) is 57.3 Å². The van der Waals surface area contributed by atoms with E-state index < -0.39 is 19.0 Å². The first-order valence-electron chi connectivity index (χ1n) is 19.3. The molecule has 0 spiro atoms. The molecule has 7 atom stereocenters. The molecular formula is C39H70F2N4O2. The molecular weight excluding hydrogens is 594 g/mol. The van der Waals surface area contributed by atoms with E-state index in [9.17, 15) is 13.6 Å². The van der Waals surface area contributed by atoms with E-state index in [1.165, 1.54) is 63.4 Å². The Morgan fingerprint density at radius 1 is 1.04 bits per heavy atom. The van der Waals surface area contributed by atoms with E-state index in [1.54, 1.807) is 4.90 Å². The summed E-state index contributed by atoms with van der Waals surface area (Å²) >= 11 is 0. The number of allylic oxidation sites excluding steroid dienone is 1. The summed E-state index contributed by atoms with van der Waals surface area (Å²) in [7, 11) is 0. The normalized spacial score (nSPS) is 32.4. The maximum atomic E-state index is 13.6. The van der Waals surface area contributed by atoms with Crippen molar-refractivity contribution in [2.45, 2.75) is 143 Å². The van der Waals surface area contributed by atoms with Gasteiger partial charge in [-0.05, 0) is 123 Å². The van der Waals surface area contributed by atoms with Crippen LogP contribution in [0.25, 0.3) is 0 Å². The lowest BCUT2D eigenvalue weighted by Gasteiger charge is -2.58. The van der Waals surface area contributed by atoms with Crippen molar-refractivity contribution in [3.63, 3.8) is 0 Å². The molecule has 0 saturated heterocycles. The van der Waals surface area contributed by atoms with E-state index in [0.717, 1.165) is 48.9 Å². The number of hydrogen-bond donors (Lipinski definition) is 3. The van der Waals surface area contributed by atoms with Crippen LogP contribution >= 0.6 is 0 Å². The number of nitrogens with two attached hydrogens (primary N) is 2. The van der Waals surface area contributed by atoms with Gasteiger partial charge in [-0.15, -0.1) is 0 Å². The van der Waals surface area contributed by atoms with Crippen LogP contribution in [0.4, 0.5) is 13.6 Å². The smallest absolute Gasteiger partial charge is 0.410 e. The molecule has 0 aromatic heterocycles. The van der Waals surface area contributed by atoms with Crippen molar-refractivity contribution in [3.8, 4) is 0 Å². The molecule has 0 aliphatic heterocycles. The molecule has 6 nitrogen and oxygen atoms in total. The summed E-state index contributed by atoms with van der Waals surface area (Å²) < 4.78 is 33.1. The zero-order valence-electron chi connectivity index (χ0n) is 30.9. The number of rotatable bonds is 17. The highest BCUT2D eigenvalue weighted by atomic mass is 19.3. The number of ether oxygens (including phenoxy) is 1. The number of halogens is 2. The molecule has 272 valence electrons. The number of hydrogen-bond acceptors (Lipinski definition) is 5. The standard InChI is InChI=1S/C39H70F2N4O2/c1-28(2)11-7-8-12-29-14-16-33-32-15-13-30-23-31(17-19-38(30,6)34(32)18-20-37(29,33)5)47-35(46)45(27-36(3,4)24-42)22-10-9-21-44-26-39(40,41)25-43/h13,28-29,31-34,44H,7-12,14-27,42-43H2,1-6H3. The molecule has 4 aliphatic rings. The number of nitrogens with one attached hydrogen (secondary N) is 1. The summed E-state index contributed by atoms with van der Waals surface area (Å²) in [5.74, 6) is 1.22. The van der Waals surface area contributed by atoms with Crippen LogP contribution in [0.2, 0.25) is 0 Å². The van der Waals surface area contributed by atoms with Gasteiger partial charge < -0.3 is 26.4 Å². The molecule has 3 saturated carbocycles. The van der Waals surface area contributed by atoms with Crippen LogP contribution < -0.4 is 16.8 Å². The second kappa shape index (κ2) is 16.2. The van der Waals surface area contributed by atoms with Gasteiger partial charge in [0, 0.05) is 19.5 Å². The van der Waals surface area contributed by atoms with Gasteiger partial charge in [-0.1, -0.05) is 72.5 Å². The lowest BCUT2D eigenvalue weighted by molar-refractivity contribution is -0.0537. The van der Waals surface area contributed by atoms with Gasteiger partial charge in [0.25, 0.3) is 5.92 Å². The third-order valence-electron chi connectivity index (χ3n) is 13.3. The highest BCUT2D eigenvalue weighted by Crippen LogP contribution is 2.66. The second-order valence-corrected chi connectivity index (χ2v) is 17.7. The predicted molar refractivity (Wildman–Crippen MR) is 189 cm³/mol. The average molecular weight is 665 g/mol. The van der Waals surface area contributed by atoms with Gasteiger partial charge in [-0.2, -0.15) is 0 Å². The van der Waals surface area contributed by atoms with Crippen molar-refractivity contribution >= 4 is 6.09 Å². The Bertz CT molecular complexity index is 1050. The molecule has 0 radical (unpaired) electrons. The van der Waals surface area contributed by atoms with Crippen LogP contribution in [0.1, 0.15) is 131 Å². The topological polar surface area (TPSA) is 93.6 Å². The Morgan fingerprint density at radius 2 is 1.81 bits per heavy atom. The minimum absolute atomic E-state index is 0.0995. The summed E-state index contributed by atoms with van der Waals surface area (Å²) in [5.41, 5.74) is 13.2. The Hall–Kier alpha value is -1.25. The number of fused-ring (bicyclic) bond motifs is 5. The average Bonchev–Trinajstić information content (AvgIpc) is 3.36. The molecule has 4 aliphatic carbocycles. The largest absolute Gasteiger partial charge is 0.446 e. The molecule has 0 aromatic carbocycles. The Labute approximate surface area is 285 Å². The first-order valence-corrected chi connectivity index (χ1v) is 19.3. The Morgan fingerprint density at radius 3 is 2.51 bits per heavy atom. The van der Waals surface area contributed by atoms with Crippen LogP contribution in [0.3, 0.4) is 0 Å². The number of alkyl halides is 2. The molecule has 47 heavy (non-hydrogen) atoms. The quantitative estimate of drug-likeness (QED) is 0.107. The molecule has 0 bridgehead atoms. The first kappa shape index (κ1) is 38.6. The number of nitrogens with zero attached hydrogens (tertiary/aromatic N) is 1. The van der Waals surface area contributed by atoms with Crippen LogP contribution in [0.15, 0.2) is 11.6 Å². The van der Waals surface area contributed by atoms with Gasteiger partial charge in [0.2, 0.25) is 0 Å². The Balaban J connectivity index is 1.32. The van der Waals surface area contributed by atoms with Crippen molar-refractivity contribution in [2.75, 3.05) is 39.3 Å². The SMILES string of the molecule is CC(C)CCCCC1CCC2C3CC=C4CC(OC(=O)N(CCCCNCC(F)(F)CN)CC(C)(C)CN)CCC4(C)C3CCC12C. The maximum Gasteiger partial charge on any atom is 0.410 e. The summed E-state index contributed by atoms with van der Waals surface area (Å²) in [6.07, 6.45) is 18.8. The van der Waals surface area contributed by atoms with Gasteiger partial charge in [0.05, 0.1) is 13.1 Å². The lowest BCUT2D eigenvalue weighted by Crippen LogP contribution is -2.51. The fourth-order valence-electron chi connectivity index (χ4n) is 10.2.